The maximum Gasteiger partial charge on any atom is 0.147 e. The lowest BCUT2D eigenvalue weighted by Crippen LogP contribution is -2.17. The van der Waals surface area contributed by atoms with Crippen molar-refractivity contribution in [1.82, 2.24) is 4.98 Å². The van der Waals surface area contributed by atoms with E-state index in [-0.39, 0.29) is 5.54 Å². The first-order valence-electron chi connectivity index (χ1n) is 4.40. The minimum absolute atomic E-state index is 0.136. The fraction of sp³-hybridized carbons (Fsp3) is 0.444. The molecule has 0 aliphatic heterocycles. The smallest absolute Gasteiger partial charge is 0.147 e. The third-order valence-electron chi connectivity index (χ3n) is 2.38. The number of halogens is 2. The number of aromatic nitrogens is 1. The van der Waals surface area contributed by atoms with Gasteiger partial charge in [-0.2, -0.15) is 0 Å². The molecular formula is C9H11Cl2N3. The molecular weight excluding hydrogens is 221 g/mol. The van der Waals surface area contributed by atoms with Gasteiger partial charge in [-0.25, -0.2) is 4.98 Å². The van der Waals surface area contributed by atoms with Crippen LogP contribution in [-0.2, 0) is 0 Å². The Labute approximate surface area is 92.6 Å². The zero-order chi connectivity index (χ0) is 10.3. The van der Waals surface area contributed by atoms with E-state index >= 15 is 0 Å². The highest BCUT2D eigenvalue weighted by molar-refractivity contribution is 6.37. The van der Waals surface area contributed by atoms with Gasteiger partial charge < -0.3 is 11.1 Å². The number of rotatable bonds is 2. The SMILES string of the molecule is CC1(Nc2nc(N)c(Cl)cc2Cl)CC1. The van der Waals surface area contributed by atoms with Gasteiger partial charge in [0.05, 0.1) is 10.0 Å². The number of nitrogens with zero attached hydrogens (tertiary/aromatic N) is 1. The Bertz CT molecular complexity index is 375. The highest BCUT2D eigenvalue weighted by atomic mass is 35.5. The molecule has 0 bridgehead atoms. The van der Waals surface area contributed by atoms with Crippen LogP contribution < -0.4 is 11.1 Å². The van der Waals surface area contributed by atoms with Gasteiger partial charge >= 0.3 is 0 Å². The zero-order valence-corrected chi connectivity index (χ0v) is 9.28. The van der Waals surface area contributed by atoms with Crippen LogP contribution in [0.4, 0.5) is 11.6 Å². The molecule has 14 heavy (non-hydrogen) atoms. The Morgan fingerprint density at radius 2 is 2.07 bits per heavy atom. The molecule has 0 aromatic carbocycles. The van der Waals surface area contributed by atoms with Crippen molar-refractivity contribution in [3.63, 3.8) is 0 Å². The lowest BCUT2D eigenvalue weighted by molar-refractivity contribution is 0.822. The fourth-order valence-corrected chi connectivity index (χ4v) is 1.57. The second-order valence-electron chi connectivity index (χ2n) is 3.87. The molecule has 0 saturated heterocycles. The molecule has 0 radical (unpaired) electrons. The van der Waals surface area contributed by atoms with Crippen molar-refractivity contribution < 1.29 is 0 Å². The van der Waals surface area contributed by atoms with Gasteiger partial charge in [0.25, 0.3) is 0 Å². The molecule has 1 aliphatic rings. The Balaban J connectivity index is 2.29. The van der Waals surface area contributed by atoms with Crippen molar-refractivity contribution in [2.24, 2.45) is 0 Å². The molecule has 1 aliphatic carbocycles. The van der Waals surface area contributed by atoms with Crippen molar-refractivity contribution in [3.8, 4) is 0 Å². The Hall–Kier alpha value is -0.670. The molecule has 0 unspecified atom stereocenters. The number of hydrogen-bond acceptors (Lipinski definition) is 3. The third-order valence-corrected chi connectivity index (χ3v) is 2.97. The highest BCUT2D eigenvalue weighted by Gasteiger charge is 2.37. The summed E-state index contributed by atoms with van der Waals surface area (Å²) in [5.41, 5.74) is 5.72. The van der Waals surface area contributed by atoms with E-state index in [1.165, 1.54) is 0 Å². The Kier molecular flexibility index (Phi) is 2.24. The summed E-state index contributed by atoms with van der Waals surface area (Å²) in [5.74, 6) is 0.927. The largest absolute Gasteiger partial charge is 0.382 e. The van der Waals surface area contributed by atoms with Gasteiger partial charge in [-0.3, -0.25) is 0 Å². The zero-order valence-electron chi connectivity index (χ0n) is 7.77. The minimum atomic E-state index is 0.136. The summed E-state index contributed by atoms with van der Waals surface area (Å²) in [7, 11) is 0. The lowest BCUT2D eigenvalue weighted by Gasteiger charge is -2.14. The van der Waals surface area contributed by atoms with E-state index in [0.717, 1.165) is 12.8 Å². The van der Waals surface area contributed by atoms with Crippen molar-refractivity contribution >= 4 is 34.8 Å². The van der Waals surface area contributed by atoms with Gasteiger partial charge in [0, 0.05) is 5.54 Å². The molecule has 0 amide bonds. The fourth-order valence-electron chi connectivity index (χ4n) is 1.17. The first-order chi connectivity index (χ1) is 6.50. The molecule has 3 nitrogen and oxygen atoms in total. The van der Waals surface area contributed by atoms with E-state index in [9.17, 15) is 0 Å². The second-order valence-corrected chi connectivity index (χ2v) is 4.69. The first kappa shape index (κ1) is 9.87. The molecule has 76 valence electrons. The van der Waals surface area contributed by atoms with Gasteiger partial charge in [0.2, 0.25) is 0 Å². The predicted octanol–water partition coefficient (Wildman–Crippen LogP) is 2.94. The van der Waals surface area contributed by atoms with E-state index in [1.54, 1.807) is 6.07 Å². The summed E-state index contributed by atoms with van der Waals surface area (Å²) in [6.07, 6.45) is 2.26. The van der Waals surface area contributed by atoms with Crippen LogP contribution in [0.5, 0.6) is 0 Å². The van der Waals surface area contributed by atoms with Gasteiger partial charge in [0.15, 0.2) is 0 Å². The number of hydrogen-bond donors (Lipinski definition) is 2. The van der Waals surface area contributed by atoms with Crippen molar-refractivity contribution in [2.75, 3.05) is 11.1 Å². The van der Waals surface area contributed by atoms with Crippen LogP contribution in [0.2, 0.25) is 10.0 Å². The summed E-state index contributed by atoms with van der Waals surface area (Å²) >= 11 is 11.7. The predicted molar refractivity (Wildman–Crippen MR) is 59.9 cm³/mol. The van der Waals surface area contributed by atoms with Crippen LogP contribution in [0, 0.1) is 0 Å². The van der Waals surface area contributed by atoms with E-state index in [2.05, 4.69) is 17.2 Å². The van der Waals surface area contributed by atoms with Crippen molar-refractivity contribution in [3.05, 3.63) is 16.1 Å². The number of nitrogen functional groups attached to an aromatic ring is 1. The van der Waals surface area contributed by atoms with E-state index in [4.69, 9.17) is 28.9 Å². The van der Waals surface area contributed by atoms with Gasteiger partial charge in [-0.05, 0) is 25.8 Å². The minimum Gasteiger partial charge on any atom is -0.382 e. The van der Waals surface area contributed by atoms with Crippen molar-refractivity contribution in [1.29, 1.82) is 0 Å². The third kappa shape index (κ3) is 1.88. The van der Waals surface area contributed by atoms with Gasteiger partial charge in [0.1, 0.15) is 11.6 Å². The maximum atomic E-state index is 5.97. The van der Waals surface area contributed by atoms with Crippen LogP contribution in [0.25, 0.3) is 0 Å². The van der Waals surface area contributed by atoms with Crippen LogP contribution in [-0.4, -0.2) is 10.5 Å². The first-order valence-corrected chi connectivity index (χ1v) is 5.15. The molecule has 1 fully saturated rings. The summed E-state index contributed by atoms with van der Waals surface area (Å²) < 4.78 is 0. The quantitative estimate of drug-likeness (QED) is 0.824. The van der Waals surface area contributed by atoms with Gasteiger partial charge in [-0.1, -0.05) is 23.2 Å². The standard InChI is InChI=1S/C9H11Cl2N3/c1-9(2-3-9)14-8-6(11)4-5(10)7(12)13-8/h4H,2-3H2,1H3,(H3,12,13,14). The average Bonchev–Trinajstić information content (AvgIpc) is 2.80. The molecule has 1 aromatic heterocycles. The van der Waals surface area contributed by atoms with Crippen LogP contribution >= 0.6 is 23.2 Å². The lowest BCUT2D eigenvalue weighted by atomic mass is 10.3. The van der Waals surface area contributed by atoms with Crippen LogP contribution in [0.1, 0.15) is 19.8 Å². The van der Waals surface area contributed by atoms with Gasteiger partial charge in [-0.15, -0.1) is 0 Å². The number of anilines is 2. The van der Waals surface area contributed by atoms with Crippen LogP contribution in [0.3, 0.4) is 0 Å². The molecule has 5 heteroatoms. The summed E-state index contributed by atoms with van der Waals surface area (Å²) in [5, 5.41) is 4.15. The average molecular weight is 232 g/mol. The number of pyridine rings is 1. The van der Waals surface area contributed by atoms with E-state index < -0.39 is 0 Å². The second kappa shape index (κ2) is 3.17. The summed E-state index contributed by atoms with van der Waals surface area (Å²) in [6.45, 7) is 2.12. The Morgan fingerprint density at radius 1 is 1.43 bits per heavy atom. The molecule has 1 saturated carbocycles. The molecule has 2 rings (SSSR count). The molecule has 1 heterocycles. The topological polar surface area (TPSA) is 50.9 Å². The van der Waals surface area contributed by atoms with Crippen LogP contribution in [0.15, 0.2) is 6.07 Å². The number of nitrogens with one attached hydrogen (secondary N) is 1. The van der Waals surface area contributed by atoms with E-state index in [0.29, 0.717) is 21.7 Å². The number of nitrogens with two attached hydrogens (primary N) is 1. The summed E-state index contributed by atoms with van der Waals surface area (Å²) in [6, 6.07) is 1.61. The maximum absolute atomic E-state index is 5.97. The highest BCUT2D eigenvalue weighted by Crippen LogP contribution is 2.40. The van der Waals surface area contributed by atoms with Crippen molar-refractivity contribution in [2.45, 2.75) is 25.3 Å². The summed E-state index contributed by atoms with van der Waals surface area (Å²) in [4.78, 5) is 4.10. The normalized spacial score (nSPS) is 17.9. The monoisotopic (exact) mass is 231 g/mol. The Morgan fingerprint density at radius 3 is 2.64 bits per heavy atom. The molecule has 3 N–H and O–H groups in total. The molecule has 1 aromatic rings. The van der Waals surface area contributed by atoms with E-state index in [1.807, 2.05) is 0 Å². The molecule has 0 atom stereocenters. The molecule has 0 spiro atoms.